The average molecular weight is 221 g/mol. The molecule has 4 heterocycles. The maximum atomic E-state index is 10.2. The van der Waals surface area contributed by atoms with Crippen molar-refractivity contribution in [2.24, 2.45) is 5.92 Å². The molecular formula is C12H15NOS. The van der Waals surface area contributed by atoms with Crippen LogP contribution in [0.5, 0.6) is 0 Å². The third-order valence-corrected chi connectivity index (χ3v) is 4.31. The van der Waals surface area contributed by atoms with E-state index >= 15 is 0 Å². The van der Waals surface area contributed by atoms with Gasteiger partial charge in [-0.2, -0.15) is 0 Å². The number of rotatable bonds is 1. The summed E-state index contributed by atoms with van der Waals surface area (Å²) in [5.74, 6) is 0.501. The van der Waals surface area contributed by atoms with Gasteiger partial charge in [0.25, 0.3) is 0 Å². The van der Waals surface area contributed by atoms with Crippen LogP contribution < -0.4 is 0 Å². The molecule has 1 aromatic rings. The topological polar surface area (TPSA) is 23.5 Å². The predicted octanol–water partition coefficient (Wildman–Crippen LogP) is 2.18. The minimum absolute atomic E-state index is 0.227. The molecule has 2 nitrogen and oxygen atoms in total. The number of fused-ring (bicyclic) bond motifs is 3. The van der Waals surface area contributed by atoms with Crippen molar-refractivity contribution in [2.75, 3.05) is 13.1 Å². The zero-order chi connectivity index (χ0) is 10.3. The maximum Gasteiger partial charge on any atom is 0.0966 e. The molecule has 3 aliphatic rings. The summed E-state index contributed by atoms with van der Waals surface area (Å²) in [7, 11) is 0. The highest BCUT2D eigenvalue weighted by Gasteiger charge is 2.36. The van der Waals surface area contributed by atoms with E-state index < -0.39 is 0 Å². The van der Waals surface area contributed by atoms with Crippen LogP contribution in [0.25, 0.3) is 6.08 Å². The number of aliphatic hydroxyl groups excluding tert-OH is 1. The molecule has 0 amide bonds. The summed E-state index contributed by atoms with van der Waals surface area (Å²) >= 11 is 1.73. The molecule has 3 fully saturated rings. The second kappa shape index (κ2) is 3.65. The Kier molecular flexibility index (Phi) is 2.29. The van der Waals surface area contributed by atoms with Crippen LogP contribution in [0, 0.1) is 5.92 Å². The van der Waals surface area contributed by atoms with E-state index in [9.17, 15) is 5.11 Å². The summed E-state index contributed by atoms with van der Waals surface area (Å²) < 4.78 is 0. The van der Waals surface area contributed by atoms with E-state index in [-0.39, 0.29) is 6.10 Å². The van der Waals surface area contributed by atoms with Crippen LogP contribution in [-0.4, -0.2) is 29.2 Å². The standard InChI is InChI=1S/C12H15NOS/c14-12-9-3-5-13(6-4-9)11(12)8-10-2-1-7-15-10/h1-2,7-9,12,14H,3-6H2. The quantitative estimate of drug-likeness (QED) is 0.785. The number of hydrogen-bond acceptors (Lipinski definition) is 3. The fourth-order valence-corrected chi connectivity index (χ4v) is 3.26. The zero-order valence-corrected chi connectivity index (χ0v) is 9.41. The highest BCUT2D eigenvalue weighted by atomic mass is 32.1. The molecule has 0 saturated carbocycles. The summed E-state index contributed by atoms with van der Waals surface area (Å²) in [4.78, 5) is 3.58. The Morgan fingerprint density at radius 1 is 1.40 bits per heavy atom. The second-order valence-electron chi connectivity index (χ2n) is 4.35. The molecule has 0 aliphatic carbocycles. The number of thiophene rings is 1. The normalized spacial score (nSPS) is 32.6. The van der Waals surface area contributed by atoms with Crippen LogP contribution in [-0.2, 0) is 0 Å². The largest absolute Gasteiger partial charge is 0.387 e. The van der Waals surface area contributed by atoms with Gasteiger partial charge in [0.05, 0.1) is 6.10 Å². The van der Waals surface area contributed by atoms with Gasteiger partial charge in [-0.05, 0) is 36.3 Å². The number of hydrogen-bond donors (Lipinski definition) is 1. The summed E-state index contributed by atoms with van der Waals surface area (Å²) in [6.07, 6.45) is 4.24. The molecule has 3 heteroatoms. The van der Waals surface area contributed by atoms with Crippen LogP contribution in [0.2, 0.25) is 0 Å². The first-order valence-electron chi connectivity index (χ1n) is 5.53. The van der Waals surface area contributed by atoms with Crippen molar-refractivity contribution in [3.8, 4) is 0 Å². The molecular weight excluding hydrogens is 206 g/mol. The Balaban J connectivity index is 1.92. The lowest BCUT2D eigenvalue weighted by Crippen LogP contribution is -2.48. The van der Waals surface area contributed by atoms with Gasteiger partial charge in [-0.3, -0.25) is 0 Å². The van der Waals surface area contributed by atoms with E-state index in [4.69, 9.17) is 0 Å². The van der Waals surface area contributed by atoms with Gasteiger partial charge in [-0.1, -0.05) is 6.07 Å². The van der Waals surface area contributed by atoms with E-state index in [0.717, 1.165) is 31.6 Å². The minimum Gasteiger partial charge on any atom is -0.387 e. The summed E-state index contributed by atoms with van der Waals surface area (Å²) in [5.41, 5.74) is 1.14. The molecule has 3 aliphatic heterocycles. The lowest BCUT2D eigenvalue weighted by Gasteiger charge is -2.45. The predicted molar refractivity (Wildman–Crippen MR) is 62.6 cm³/mol. The number of piperidine rings is 3. The second-order valence-corrected chi connectivity index (χ2v) is 5.33. The Hall–Kier alpha value is -0.800. The van der Waals surface area contributed by atoms with E-state index in [0.29, 0.717) is 5.92 Å². The van der Waals surface area contributed by atoms with Gasteiger partial charge < -0.3 is 10.0 Å². The fraction of sp³-hybridized carbons (Fsp3) is 0.500. The first-order chi connectivity index (χ1) is 7.34. The third-order valence-electron chi connectivity index (χ3n) is 3.49. The number of aliphatic hydroxyl groups is 1. The first kappa shape index (κ1) is 9.43. The average Bonchev–Trinajstić information content (AvgIpc) is 2.77. The summed E-state index contributed by atoms with van der Waals surface area (Å²) in [6.45, 7) is 2.25. The molecule has 1 N–H and O–H groups in total. The van der Waals surface area contributed by atoms with Crippen molar-refractivity contribution in [1.29, 1.82) is 0 Å². The molecule has 2 bridgehead atoms. The van der Waals surface area contributed by atoms with Crippen LogP contribution in [0.1, 0.15) is 17.7 Å². The third kappa shape index (κ3) is 1.60. The molecule has 1 atom stereocenters. The van der Waals surface area contributed by atoms with E-state index in [1.54, 1.807) is 11.3 Å². The Morgan fingerprint density at radius 2 is 2.20 bits per heavy atom. The van der Waals surface area contributed by atoms with Crippen molar-refractivity contribution in [1.82, 2.24) is 4.90 Å². The molecule has 4 rings (SSSR count). The van der Waals surface area contributed by atoms with Gasteiger partial charge in [0.2, 0.25) is 0 Å². The zero-order valence-electron chi connectivity index (χ0n) is 8.60. The van der Waals surface area contributed by atoms with Gasteiger partial charge in [-0.25, -0.2) is 0 Å². The van der Waals surface area contributed by atoms with Gasteiger partial charge in [-0.15, -0.1) is 11.3 Å². The smallest absolute Gasteiger partial charge is 0.0966 e. The fourth-order valence-electron chi connectivity index (χ4n) is 2.60. The molecule has 0 aromatic carbocycles. The molecule has 1 aromatic heterocycles. The van der Waals surface area contributed by atoms with E-state index in [1.165, 1.54) is 4.88 Å². The van der Waals surface area contributed by atoms with Crippen molar-refractivity contribution >= 4 is 17.4 Å². The highest BCUT2D eigenvalue weighted by molar-refractivity contribution is 7.10. The number of nitrogens with zero attached hydrogens (tertiary/aromatic N) is 1. The lowest BCUT2D eigenvalue weighted by atomic mass is 9.83. The van der Waals surface area contributed by atoms with Gasteiger partial charge in [0.15, 0.2) is 0 Å². The highest BCUT2D eigenvalue weighted by Crippen LogP contribution is 2.35. The maximum absolute atomic E-state index is 10.2. The Morgan fingerprint density at radius 3 is 2.80 bits per heavy atom. The SMILES string of the molecule is OC1C(=Cc2cccs2)N2CCC1CC2. The summed E-state index contributed by atoms with van der Waals surface area (Å²) in [5, 5.41) is 12.2. The van der Waals surface area contributed by atoms with Crippen molar-refractivity contribution < 1.29 is 5.11 Å². The molecule has 0 radical (unpaired) electrons. The van der Waals surface area contributed by atoms with Crippen LogP contribution in [0.3, 0.4) is 0 Å². The van der Waals surface area contributed by atoms with Gasteiger partial charge in [0, 0.05) is 23.7 Å². The van der Waals surface area contributed by atoms with E-state index in [2.05, 4.69) is 28.5 Å². The van der Waals surface area contributed by atoms with Gasteiger partial charge in [0.1, 0.15) is 0 Å². The van der Waals surface area contributed by atoms with Crippen molar-refractivity contribution in [3.05, 3.63) is 28.1 Å². The van der Waals surface area contributed by atoms with Crippen LogP contribution in [0.4, 0.5) is 0 Å². The van der Waals surface area contributed by atoms with E-state index in [1.807, 2.05) is 0 Å². The Bertz CT molecular complexity index is 359. The minimum atomic E-state index is -0.227. The molecule has 3 saturated heterocycles. The molecule has 1 unspecified atom stereocenters. The van der Waals surface area contributed by atoms with Gasteiger partial charge >= 0.3 is 0 Å². The monoisotopic (exact) mass is 221 g/mol. The molecule has 15 heavy (non-hydrogen) atoms. The lowest BCUT2D eigenvalue weighted by molar-refractivity contribution is 0.0215. The van der Waals surface area contributed by atoms with Crippen LogP contribution in [0.15, 0.2) is 23.2 Å². The molecule has 0 spiro atoms. The summed E-state index contributed by atoms with van der Waals surface area (Å²) in [6, 6.07) is 4.16. The van der Waals surface area contributed by atoms with Crippen LogP contribution >= 0.6 is 11.3 Å². The molecule has 80 valence electrons. The van der Waals surface area contributed by atoms with Crippen molar-refractivity contribution in [3.63, 3.8) is 0 Å². The van der Waals surface area contributed by atoms with Crippen molar-refractivity contribution in [2.45, 2.75) is 18.9 Å². The first-order valence-corrected chi connectivity index (χ1v) is 6.40. The Labute approximate surface area is 93.8 Å².